The van der Waals surface area contributed by atoms with Gasteiger partial charge in [0.05, 0.1) is 31.2 Å². The highest BCUT2D eigenvalue weighted by Gasteiger charge is 2.26. The van der Waals surface area contributed by atoms with Gasteiger partial charge in [0.1, 0.15) is 11.8 Å². The van der Waals surface area contributed by atoms with Gasteiger partial charge in [-0.25, -0.2) is 8.42 Å². The van der Waals surface area contributed by atoms with Gasteiger partial charge in [-0.05, 0) is 47.9 Å². The Morgan fingerprint density at radius 3 is 2.14 bits per heavy atom. The lowest BCUT2D eigenvalue weighted by molar-refractivity contribution is -0.122. The molecule has 186 valence electrons. The molecule has 3 aromatic rings. The molecule has 0 spiro atoms. The average molecular weight is 519 g/mol. The predicted octanol–water partition coefficient (Wildman–Crippen LogP) is 3.57. The molecular weight excluding hydrogens is 492 g/mol. The Hall–Kier alpha value is -3.27. The predicted molar refractivity (Wildman–Crippen MR) is 134 cm³/mol. The molecule has 0 radical (unpaired) electrons. The van der Waals surface area contributed by atoms with Crippen LogP contribution in [0.4, 0.5) is 0 Å². The maximum atomic E-state index is 13.1. The first kappa shape index (κ1) is 26.3. The first-order valence-corrected chi connectivity index (χ1v) is 12.5. The monoisotopic (exact) mass is 518 g/mol. The zero-order chi connectivity index (χ0) is 25.4. The lowest BCUT2D eigenvalue weighted by Crippen LogP contribution is -2.47. The van der Waals surface area contributed by atoms with Gasteiger partial charge in [0.25, 0.3) is 0 Å². The third kappa shape index (κ3) is 6.88. The van der Waals surface area contributed by atoms with Crippen molar-refractivity contribution in [2.24, 2.45) is 0 Å². The average Bonchev–Trinajstić information content (AvgIpc) is 2.87. The highest BCUT2D eigenvalue weighted by Crippen LogP contribution is 2.28. The van der Waals surface area contributed by atoms with E-state index in [1.807, 2.05) is 30.3 Å². The minimum Gasteiger partial charge on any atom is -0.495 e. The summed E-state index contributed by atoms with van der Waals surface area (Å²) in [6.07, 6.45) is 0.154. The summed E-state index contributed by atoms with van der Waals surface area (Å²) in [6.45, 7) is 0.167. The Kier molecular flexibility index (Phi) is 8.97. The minimum absolute atomic E-state index is 0.0750. The number of benzene rings is 3. The second-order valence-electron chi connectivity index (χ2n) is 7.57. The molecule has 2 N–H and O–H groups in total. The van der Waals surface area contributed by atoms with Gasteiger partial charge in [0.15, 0.2) is 11.5 Å². The van der Waals surface area contributed by atoms with Gasteiger partial charge in [-0.1, -0.05) is 48.0 Å². The molecule has 0 aliphatic heterocycles. The molecule has 0 fully saturated rings. The highest BCUT2D eigenvalue weighted by molar-refractivity contribution is 7.89. The molecule has 0 heterocycles. The smallest absolute Gasteiger partial charge is 0.241 e. The van der Waals surface area contributed by atoms with Gasteiger partial charge in [-0.15, -0.1) is 0 Å². The van der Waals surface area contributed by atoms with Gasteiger partial charge >= 0.3 is 0 Å². The quantitative estimate of drug-likeness (QED) is 0.402. The number of rotatable bonds is 11. The van der Waals surface area contributed by atoms with Crippen LogP contribution in [0.25, 0.3) is 0 Å². The number of amides is 1. The van der Waals surface area contributed by atoms with Crippen LogP contribution >= 0.6 is 11.6 Å². The Morgan fingerprint density at radius 1 is 0.857 bits per heavy atom. The van der Waals surface area contributed by atoms with E-state index in [1.165, 1.54) is 39.5 Å². The molecule has 10 heteroatoms. The van der Waals surface area contributed by atoms with Crippen molar-refractivity contribution in [2.75, 3.05) is 21.3 Å². The first-order valence-electron chi connectivity index (χ1n) is 10.7. The van der Waals surface area contributed by atoms with Gasteiger partial charge in [-0.3, -0.25) is 4.79 Å². The fourth-order valence-corrected chi connectivity index (χ4v) is 4.95. The van der Waals surface area contributed by atoms with E-state index in [4.69, 9.17) is 25.8 Å². The molecular formula is C25H27ClN2O6S. The molecule has 1 atom stereocenters. The second-order valence-corrected chi connectivity index (χ2v) is 9.69. The lowest BCUT2D eigenvalue weighted by Gasteiger charge is -2.19. The Morgan fingerprint density at radius 2 is 1.51 bits per heavy atom. The van der Waals surface area contributed by atoms with E-state index in [9.17, 15) is 13.2 Å². The van der Waals surface area contributed by atoms with Crippen LogP contribution in [0.1, 0.15) is 11.1 Å². The van der Waals surface area contributed by atoms with E-state index in [1.54, 1.807) is 18.2 Å². The number of carbonyl (C=O) groups is 1. The Bertz CT molecular complexity index is 1270. The van der Waals surface area contributed by atoms with Crippen molar-refractivity contribution in [3.8, 4) is 17.2 Å². The summed E-state index contributed by atoms with van der Waals surface area (Å²) in [5.41, 5.74) is 1.56. The Balaban J connectivity index is 1.81. The summed E-state index contributed by atoms with van der Waals surface area (Å²) in [5.74, 6) is 0.957. The molecule has 0 unspecified atom stereocenters. The van der Waals surface area contributed by atoms with Gasteiger partial charge in [0, 0.05) is 6.54 Å². The maximum Gasteiger partial charge on any atom is 0.241 e. The summed E-state index contributed by atoms with van der Waals surface area (Å²) in [6, 6.07) is 17.5. The van der Waals surface area contributed by atoms with Crippen LogP contribution in [-0.2, 0) is 27.8 Å². The summed E-state index contributed by atoms with van der Waals surface area (Å²) in [5, 5.41) is 2.95. The van der Waals surface area contributed by atoms with Crippen molar-refractivity contribution < 1.29 is 27.4 Å². The van der Waals surface area contributed by atoms with E-state index in [0.717, 1.165) is 11.1 Å². The molecule has 0 saturated heterocycles. The van der Waals surface area contributed by atoms with E-state index in [0.29, 0.717) is 17.2 Å². The van der Waals surface area contributed by atoms with Crippen LogP contribution in [-0.4, -0.2) is 41.7 Å². The van der Waals surface area contributed by atoms with E-state index in [2.05, 4.69) is 10.0 Å². The number of nitrogens with one attached hydrogen (secondary N) is 2. The molecule has 3 rings (SSSR count). The number of methoxy groups -OCH3 is 3. The Labute approximate surface area is 210 Å². The minimum atomic E-state index is -4.06. The van der Waals surface area contributed by atoms with E-state index in [-0.39, 0.29) is 22.9 Å². The summed E-state index contributed by atoms with van der Waals surface area (Å²) < 4.78 is 44.3. The summed E-state index contributed by atoms with van der Waals surface area (Å²) in [7, 11) is 0.436. The molecule has 8 nitrogen and oxygen atoms in total. The molecule has 35 heavy (non-hydrogen) atoms. The molecule has 1 amide bonds. The molecule has 0 aliphatic rings. The van der Waals surface area contributed by atoms with Gasteiger partial charge < -0.3 is 19.5 Å². The summed E-state index contributed by atoms with van der Waals surface area (Å²) >= 11 is 6.11. The number of carbonyl (C=O) groups excluding carboxylic acids is 1. The van der Waals surface area contributed by atoms with E-state index < -0.39 is 22.0 Å². The van der Waals surface area contributed by atoms with Crippen LogP contribution in [0.15, 0.2) is 71.6 Å². The van der Waals surface area contributed by atoms with Gasteiger partial charge in [-0.2, -0.15) is 4.72 Å². The van der Waals surface area contributed by atoms with Crippen LogP contribution in [0, 0.1) is 0 Å². The fraction of sp³-hybridized carbons (Fsp3) is 0.240. The maximum absolute atomic E-state index is 13.1. The second kappa shape index (κ2) is 11.9. The van der Waals surface area contributed by atoms with Crippen LogP contribution in [0.2, 0.25) is 5.02 Å². The van der Waals surface area contributed by atoms with Crippen LogP contribution in [0.3, 0.4) is 0 Å². The third-order valence-corrected chi connectivity index (χ3v) is 7.01. The normalized spacial score (nSPS) is 12.0. The highest BCUT2D eigenvalue weighted by atomic mass is 35.5. The van der Waals surface area contributed by atoms with Crippen LogP contribution in [0.5, 0.6) is 17.2 Å². The SMILES string of the molecule is COc1ccc(S(=O)(=O)N[C@@H](Cc2ccccc2)C(=O)NCc2ccc(OC)c(OC)c2)cc1Cl. The lowest BCUT2D eigenvalue weighted by atomic mass is 10.1. The van der Waals surface area contributed by atoms with E-state index >= 15 is 0 Å². The van der Waals surface area contributed by atoms with Crippen molar-refractivity contribution in [1.82, 2.24) is 10.0 Å². The van der Waals surface area contributed by atoms with Crippen molar-refractivity contribution in [3.05, 3.63) is 82.9 Å². The zero-order valence-electron chi connectivity index (χ0n) is 19.6. The molecule has 3 aromatic carbocycles. The number of sulfonamides is 1. The fourth-order valence-electron chi connectivity index (χ4n) is 3.41. The number of hydrogen-bond donors (Lipinski definition) is 2. The third-order valence-electron chi connectivity index (χ3n) is 5.24. The molecule has 0 bridgehead atoms. The number of ether oxygens (including phenoxy) is 3. The molecule has 0 saturated carbocycles. The standard InChI is InChI=1S/C25H27ClN2O6S/c1-32-22-12-10-19(15-20(22)26)35(30,31)28-21(13-17-7-5-4-6-8-17)25(29)27-16-18-9-11-23(33-2)24(14-18)34-3/h4-12,14-15,21,28H,13,16H2,1-3H3,(H,27,29)/t21-/m0/s1. The number of hydrogen-bond acceptors (Lipinski definition) is 6. The number of halogens is 1. The van der Waals surface area contributed by atoms with Crippen molar-refractivity contribution in [2.45, 2.75) is 23.9 Å². The largest absolute Gasteiger partial charge is 0.495 e. The van der Waals surface area contributed by atoms with Crippen molar-refractivity contribution >= 4 is 27.5 Å². The van der Waals surface area contributed by atoms with Crippen molar-refractivity contribution in [3.63, 3.8) is 0 Å². The zero-order valence-corrected chi connectivity index (χ0v) is 21.2. The molecule has 0 aliphatic carbocycles. The van der Waals surface area contributed by atoms with Crippen molar-refractivity contribution in [1.29, 1.82) is 0 Å². The first-order chi connectivity index (χ1) is 16.8. The van der Waals surface area contributed by atoms with Crippen LogP contribution < -0.4 is 24.2 Å². The topological polar surface area (TPSA) is 103 Å². The molecule has 0 aromatic heterocycles. The summed E-state index contributed by atoms with van der Waals surface area (Å²) in [4.78, 5) is 13.1. The van der Waals surface area contributed by atoms with Gasteiger partial charge in [0.2, 0.25) is 15.9 Å².